The summed E-state index contributed by atoms with van der Waals surface area (Å²) in [5.41, 5.74) is 2.42. The molecule has 1 saturated heterocycles. The first kappa shape index (κ1) is 21.1. The number of ether oxygens (including phenoxy) is 1. The molecular weight excluding hydrogens is 390 g/mol. The molecule has 0 atom stereocenters. The van der Waals surface area contributed by atoms with Crippen molar-refractivity contribution >= 4 is 29.2 Å². The maximum atomic E-state index is 13.0. The van der Waals surface area contributed by atoms with E-state index >= 15 is 0 Å². The quantitative estimate of drug-likeness (QED) is 0.664. The van der Waals surface area contributed by atoms with Gasteiger partial charge in [0.05, 0.1) is 0 Å². The van der Waals surface area contributed by atoms with Crippen LogP contribution in [0.3, 0.4) is 0 Å². The zero-order chi connectivity index (χ0) is 20.6. The van der Waals surface area contributed by atoms with Gasteiger partial charge < -0.3 is 15.0 Å². The average molecular weight is 416 g/mol. The molecule has 154 valence electrons. The topological polar surface area (TPSA) is 61.9 Å². The lowest BCUT2D eigenvalue weighted by Gasteiger charge is -2.35. The Morgan fingerprint density at radius 1 is 1.10 bits per heavy atom. The highest BCUT2D eigenvalue weighted by Gasteiger charge is 2.26. The van der Waals surface area contributed by atoms with Gasteiger partial charge in [0.15, 0.2) is 0 Å². The molecule has 0 saturated carbocycles. The number of nitrogens with one attached hydrogen (secondary N) is 1. The summed E-state index contributed by atoms with van der Waals surface area (Å²) in [7, 11) is 1.64. The van der Waals surface area contributed by atoms with Crippen LogP contribution < -0.4 is 10.2 Å². The smallest absolute Gasteiger partial charge is 0.324 e. The molecule has 2 aromatic rings. The average Bonchev–Trinajstić information content (AvgIpc) is 2.74. The minimum Gasteiger partial charge on any atom is -0.385 e. The van der Waals surface area contributed by atoms with Crippen LogP contribution in [0.4, 0.5) is 10.5 Å². The number of rotatable bonds is 8. The summed E-state index contributed by atoms with van der Waals surface area (Å²) >= 11 is 5.94. The summed E-state index contributed by atoms with van der Waals surface area (Å²) in [4.78, 5) is 28.7. The van der Waals surface area contributed by atoms with Crippen LogP contribution in [0.5, 0.6) is 0 Å². The molecule has 0 spiro atoms. The minimum absolute atomic E-state index is 0.0250. The van der Waals surface area contributed by atoms with Crippen molar-refractivity contribution in [2.24, 2.45) is 0 Å². The Morgan fingerprint density at radius 2 is 1.83 bits per heavy atom. The van der Waals surface area contributed by atoms with Crippen LogP contribution in [0.25, 0.3) is 0 Å². The van der Waals surface area contributed by atoms with Gasteiger partial charge >= 0.3 is 6.03 Å². The maximum Gasteiger partial charge on any atom is 0.324 e. The van der Waals surface area contributed by atoms with Crippen LogP contribution in [-0.2, 0) is 11.3 Å². The summed E-state index contributed by atoms with van der Waals surface area (Å²) in [5, 5.41) is 3.55. The summed E-state index contributed by atoms with van der Waals surface area (Å²) in [5.74, 6) is -0.123. The fourth-order valence-corrected chi connectivity index (χ4v) is 3.42. The van der Waals surface area contributed by atoms with Crippen LogP contribution in [0.15, 0.2) is 48.5 Å². The summed E-state index contributed by atoms with van der Waals surface area (Å²) in [6.45, 7) is 3.12. The van der Waals surface area contributed by atoms with Gasteiger partial charge in [0.1, 0.15) is 0 Å². The second-order valence-corrected chi connectivity index (χ2v) is 7.42. The third-order valence-electron chi connectivity index (χ3n) is 4.85. The monoisotopic (exact) mass is 415 g/mol. The first-order chi connectivity index (χ1) is 14.1. The number of hydrogen-bond donors (Lipinski definition) is 1. The standard InChI is InChI=1S/C22H26ClN3O3/c1-29-15-2-12-24-21(27)18-6-10-20(11-7-18)26-14-3-13-25(22(26)28)16-17-4-8-19(23)9-5-17/h4-11H,2-3,12-16H2,1H3,(H,24,27). The highest BCUT2D eigenvalue weighted by atomic mass is 35.5. The molecule has 0 radical (unpaired) electrons. The fraction of sp³-hybridized carbons (Fsp3) is 0.364. The van der Waals surface area contributed by atoms with Gasteiger partial charge in [-0.15, -0.1) is 0 Å². The van der Waals surface area contributed by atoms with Crippen molar-refractivity contribution in [1.82, 2.24) is 10.2 Å². The summed E-state index contributed by atoms with van der Waals surface area (Å²) < 4.78 is 4.98. The van der Waals surface area contributed by atoms with E-state index in [1.807, 2.05) is 41.3 Å². The van der Waals surface area contributed by atoms with E-state index in [2.05, 4.69) is 5.32 Å². The minimum atomic E-state index is -0.123. The van der Waals surface area contributed by atoms with Gasteiger partial charge in [0, 0.05) is 56.2 Å². The molecule has 0 bridgehead atoms. The highest BCUT2D eigenvalue weighted by Crippen LogP contribution is 2.22. The van der Waals surface area contributed by atoms with E-state index in [1.54, 1.807) is 24.1 Å². The Labute approximate surface area is 176 Å². The van der Waals surface area contributed by atoms with Gasteiger partial charge in [0.25, 0.3) is 5.91 Å². The SMILES string of the molecule is COCCCNC(=O)c1ccc(N2CCCN(Cc3ccc(Cl)cc3)C2=O)cc1. The van der Waals surface area contributed by atoms with Crippen molar-refractivity contribution in [2.45, 2.75) is 19.4 Å². The second kappa shape index (κ2) is 10.3. The Balaban J connectivity index is 1.61. The number of nitrogens with zero attached hydrogens (tertiary/aromatic N) is 2. The number of benzene rings is 2. The third kappa shape index (κ3) is 5.71. The molecule has 7 heteroatoms. The van der Waals surface area contributed by atoms with E-state index in [1.165, 1.54) is 0 Å². The van der Waals surface area contributed by atoms with Crippen LogP contribution in [-0.4, -0.2) is 50.2 Å². The summed E-state index contributed by atoms with van der Waals surface area (Å²) in [6.07, 6.45) is 1.66. The summed E-state index contributed by atoms with van der Waals surface area (Å²) in [6, 6.07) is 14.7. The van der Waals surface area contributed by atoms with Gasteiger partial charge in [-0.25, -0.2) is 4.79 Å². The van der Waals surface area contributed by atoms with E-state index in [9.17, 15) is 9.59 Å². The molecule has 0 unspecified atom stereocenters. The van der Waals surface area contributed by atoms with Gasteiger partial charge in [-0.3, -0.25) is 9.69 Å². The molecule has 1 heterocycles. The highest BCUT2D eigenvalue weighted by molar-refractivity contribution is 6.30. The van der Waals surface area contributed by atoms with E-state index < -0.39 is 0 Å². The Bertz CT molecular complexity index is 824. The third-order valence-corrected chi connectivity index (χ3v) is 5.10. The second-order valence-electron chi connectivity index (χ2n) is 6.98. The van der Waals surface area contributed by atoms with Gasteiger partial charge in [-0.2, -0.15) is 0 Å². The van der Waals surface area contributed by atoms with Crippen molar-refractivity contribution < 1.29 is 14.3 Å². The van der Waals surface area contributed by atoms with Crippen LogP contribution >= 0.6 is 11.6 Å². The van der Waals surface area contributed by atoms with Crippen molar-refractivity contribution in [1.29, 1.82) is 0 Å². The van der Waals surface area contributed by atoms with Crippen LogP contribution in [0.1, 0.15) is 28.8 Å². The number of anilines is 1. The van der Waals surface area contributed by atoms with Crippen molar-refractivity contribution in [3.05, 3.63) is 64.7 Å². The zero-order valence-corrected chi connectivity index (χ0v) is 17.3. The lowest BCUT2D eigenvalue weighted by molar-refractivity contribution is 0.0948. The molecule has 6 nitrogen and oxygen atoms in total. The zero-order valence-electron chi connectivity index (χ0n) is 16.6. The van der Waals surface area contributed by atoms with Crippen molar-refractivity contribution in [2.75, 3.05) is 38.3 Å². The number of amides is 3. The molecule has 3 rings (SSSR count). The fourth-order valence-electron chi connectivity index (χ4n) is 3.29. The predicted molar refractivity (Wildman–Crippen MR) is 114 cm³/mol. The number of carbonyl (C=O) groups is 2. The number of carbonyl (C=O) groups excluding carboxylic acids is 2. The molecule has 0 aliphatic carbocycles. The first-order valence-electron chi connectivity index (χ1n) is 9.76. The number of methoxy groups -OCH3 is 1. The molecule has 29 heavy (non-hydrogen) atoms. The lowest BCUT2D eigenvalue weighted by Crippen LogP contribution is -2.49. The van der Waals surface area contributed by atoms with E-state index in [0.717, 1.165) is 30.6 Å². The van der Waals surface area contributed by atoms with E-state index in [4.69, 9.17) is 16.3 Å². The van der Waals surface area contributed by atoms with Crippen LogP contribution in [0.2, 0.25) is 5.02 Å². The normalized spacial score (nSPS) is 14.2. The molecule has 1 N–H and O–H groups in total. The molecule has 1 fully saturated rings. The molecule has 0 aromatic heterocycles. The van der Waals surface area contributed by atoms with Gasteiger partial charge in [0.2, 0.25) is 0 Å². The van der Waals surface area contributed by atoms with Crippen LogP contribution in [0, 0.1) is 0 Å². The maximum absolute atomic E-state index is 13.0. The molecule has 1 aliphatic rings. The Hall–Kier alpha value is -2.57. The van der Waals surface area contributed by atoms with E-state index in [0.29, 0.717) is 36.8 Å². The van der Waals surface area contributed by atoms with Gasteiger partial charge in [-0.05, 0) is 54.8 Å². The van der Waals surface area contributed by atoms with Crippen molar-refractivity contribution in [3.63, 3.8) is 0 Å². The molecule has 1 aliphatic heterocycles. The number of halogens is 1. The Kier molecular flexibility index (Phi) is 7.49. The largest absolute Gasteiger partial charge is 0.385 e. The molecular formula is C22H26ClN3O3. The molecule has 3 amide bonds. The van der Waals surface area contributed by atoms with Crippen molar-refractivity contribution in [3.8, 4) is 0 Å². The lowest BCUT2D eigenvalue weighted by atomic mass is 10.1. The first-order valence-corrected chi connectivity index (χ1v) is 10.1. The van der Waals surface area contributed by atoms with E-state index in [-0.39, 0.29) is 11.9 Å². The number of hydrogen-bond acceptors (Lipinski definition) is 3. The Morgan fingerprint density at radius 3 is 2.52 bits per heavy atom. The van der Waals surface area contributed by atoms with Gasteiger partial charge in [-0.1, -0.05) is 23.7 Å². The number of urea groups is 1. The predicted octanol–water partition coefficient (Wildman–Crippen LogP) is 3.94. The molecule has 2 aromatic carbocycles.